The van der Waals surface area contributed by atoms with E-state index in [9.17, 15) is 52.5 Å². The van der Waals surface area contributed by atoms with E-state index in [0.717, 1.165) is 50.0 Å². The van der Waals surface area contributed by atoms with Crippen LogP contribution in [0.5, 0.6) is 51.7 Å². The topological polar surface area (TPSA) is 433 Å². The molecule has 12 aromatic carbocycles. The van der Waals surface area contributed by atoms with E-state index in [1.165, 1.54) is 30.2 Å². The molecule has 4 aliphatic rings. The minimum Gasteiger partial charge on any atom is -0.494 e. The number of aromatic amines is 1. The first-order chi connectivity index (χ1) is 67.2. The Hall–Kier alpha value is -15.7. The fourth-order valence-electron chi connectivity index (χ4n) is 16.6. The number of halogens is 7. The minimum absolute atomic E-state index is 0.00295. The molecule has 31 nitrogen and oxygen atoms in total. The van der Waals surface area contributed by atoms with Crippen molar-refractivity contribution in [3.63, 3.8) is 0 Å². The first-order valence-corrected chi connectivity index (χ1v) is 47.3. The summed E-state index contributed by atoms with van der Waals surface area (Å²) in [6, 6.07) is 66.5. The summed E-state index contributed by atoms with van der Waals surface area (Å²) in [5.74, 6) is 1.70. The number of amides is 6. The number of carbonyl (C=O) groups excluding carboxylic acids is 6. The van der Waals surface area contributed by atoms with E-state index in [-0.39, 0.29) is 121 Å². The first-order valence-electron chi connectivity index (χ1n) is 42.3. The van der Waals surface area contributed by atoms with E-state index < -0.39 is 21.8 Å². The fourth-order valence-corrected chi connectivity index (χ4v) is 18.9. The third kappa shape index (κ3) is 20.7. The number of ether oxygens (including phenoxy) is 5. The summed E-state index contributed by atoms with van der Waals surface area (Å²) in [5, 5.41) is 31.1. The largest absolute Gasteiger partial charge is 0.494 e. The van der Waals surface area contributed by atoms with Gasteiger partial charge in [0.05, 0.1) is 87.4 Å². The van der Waals surface area contributed by atoms with Gasteiger partial charge in [-0.3, -0.25) is 28.8 Å². The van der Waals surface area contributed by atoms with E-state index in [0.29, 0.717) is 153 Å². The lowest BCUT2D eigenvalue weighted by atomic mass is 9.98. The molecular formula is C101H73BrCl6N16O15S. The molecule has 7 heterocycles. The lowest BCUT2D eigenvalue weighted by Crippen LogP contribution is -2.25. The number of nitrogen functional groups attached to an aromatic ring is 2. The Labute approximate surface area is 836 Å². The lowest BCUT2D eigenvalue weighted by molar-refractivity contribution is -0.118. The van der Waals surface area contributed by atoms with Crippen molar-refractivity contribution < 1.29 is 65.4 Å². The van der Waals surface area contributed by atoms with Crippen LogP contribution in [-0.2, 0) is 29.0 Å². The van der Waals surface area contributed by atoms with Crippen LogP contribution in [0.4, 0.5) is 50.6 Å². The number of nitrogens with one attached hydrogen (secondary N) is 1. The number of sulfone groups is 1. The molecule has 4 aliphatic heterocycles. The van der Waals surface area contributed by atoms with Crippen LogP contribution in [0.15, 0.2) is 249 Å². The number of nitrogens with two attached hydrogens (primary N) is 4. The van der Waals surface area contributed by atoms with Gasteiger partial charge in [0.2, 0.25) is 40.9 Å². The number of para-hydroxylation sites is 4. The predicted molar refractivity (Wildman–Crippen MR) is 537 cm³/mol. The van der Waals surface area contributed by atoms with Crippen LogP contribution in [0.1, 0.15) is 93.1 Å². The van der Waals surface area contributed by atoms with Gasteiger partial charge in [-0.15, -0.1) is 5.10 Å². The Balaban J connectivity index is 0.000000135. The van der Waals surface area contributed by atoms with Crippen LogP contribution < -0.4 is 71.8 Å². The monoisotopic (exact) mass is 2070 g/mol. The van der Waals surface area contributed by atoms with E-state index in [1.54, 1.807) is 173 Å². The van der Waals surface area contributed by atoms with Crippen LogP contribution in [0.25, 0.3) is 42.3 Å². The number of nitriles is 2. The number of carbonyl (C=O) groups is 6. The quantitative estimate of drug-likeness (QED) is 0.0469. The Morgan fingerprint density at radius 1 is 0.486 bits per heavy atom. The van der Waals surface area contributed by atoms with Crippen molar-refractivity contribution in [1.82, 2.24) is 19.9 Å². The van der Waals surface area contributed by atoms with Gasteiger partial charge >= 0.3 is 6.03 Å². The van der Waals surface area contributed by atoms with E-state index in [4.69, 9.17) is 134 Å². The average Bonchev–Trinajstić information content (AvgIpc) is 1.52. The Kier molecular flexibility index (Phi) is 28.8. The number of hydrogen-bond acceptors (Lipinski definition) is 21. The van der Waals surface area contributed by atoms with Gasteiger partial charge in [-0.2, -0.15) is 15.2 Å². The molecule has 0 aliphatic carbocycles. The molecule has 4 atom stereocenters. The highest BCUT2D eigenvalue weighted by Crippen LogP contribution is 2.49. The molecule has 0 bridgehead atoms. The van der Waals surface area contributed by atoms with E-state index in [2.05, 4.69) is 53.0 Å². The van der Waals surface area contributed by atoms with Crippen molar-refractivity contribution in [1.29, 1.82) is 10.5 Å². The molecule has 4 saturated heterocycles. The number of benzene rings is 12. The van der Waals surface area contributed by atoms with Gasteiger partial charge in [0.1, 0.15) is 35.1 Å². The van der Waals surface area contributed by atoms with Crippen LogP contribution >= 0.6 is 85.5 Å². The number of nitrogens with zero attached hydrogens (tertiary/aromatic N) is 11. The summed E-state index contributed by atoms with van der Waals surface area (Å²) in [5.41, 5.74) is 30.4. The number of pyridine rings is 1. The minimum atomic E-state index is -3.68. The molecule has 39 heteroatoms. The molecule has 140 heavy (non-hydrogen) atoms. The molecule has 0 spiro atoms. The van der Waals surface area contributed by atoms with Gasteiger partial charge in [0.25, 0.3) is 5.56 Å². The van der Waals surface area contributed by atoms with Gasteiger partial charge in [-0.1, -0.05) is 135 Å². The highest BCUT2D eigenvalue weighted by atomic mass is 79.9. The second kappa shape index (κ2) is 41.3. The number of aromatic nitrogens is 4. The third-order valence-corrected chi connectivity index (χ3v) is 27.2. The number of hydrogen-bond donors (Lipinski definition) is 5. The zero-order valence-corrected chi connectivity index (χ0v) is 80.3. The van der Waals surface area contributed by atoms with Crippen molar-refractivity contribution in [3.8, 4) is 63.9 Å². The molecule has 702 valence electrons. The van der Waals surface area contributed by atoms with Gasteiger partial charge in [0, 0.05) is 122 Å². The normalized spacial score (nSPS) is 15.5. The van der Waals surface area contributed by atoms with E-state index >= 15 is 0 Å². The lowest BCUT2D eigenvalue weighted by Gasteiger charge is -2.19. The Morgan fingerprint density at radius 3 is 1.41 bits per heavy atom. The fraction of sp³-hybridized carbons (Fsp3) is 0.139. The number of methoxy groups -OCH3 is 1. The number of H-pyrrole nitrogens is 1. The molecular weight excluding hydrogens is 2000 g/mol. The Bertz CT molecular complexity index is 8000. The second-order valence-electron chi connectivity index (χ2n) is 32.3. The summed E-state index contributed by atoms with van der Waals surface area (Å²) < 4.78 is 60.1. The van der Waals surface area contributed by atoms with Crippen LogP contribution in [0, 0.1) is 35.8 Å². The molecule has 19 rings (SSSR count). The van der Waals surface area contributed by atoms with E-state index in [1.807, 2.05) is 54.6 Å². The highest BCUT2D eigenvalue weighted by Gasteiger charge is 2.38. The van der Waals surface area contributed by atoms with Gasteiger partial charge in [-0.05, 0) is 207 Å². The first kappa shape index (κ1) is 97.4. The molecule has 0 unspecified atom stereocenters. The van der Waals surface area contributed by atoms with Crippen molar-refractivity contribution >= 4 is 209 Å². The zero-order chi connectivity index (χ0) is 99.4. The van der Waals surface area contributed by atoms with Gasteiger partial charge < -0.3 is 75.7 Å². The second-order valence-corrected chi connectivity index (χ2v) is 37.6. The summed E-state index contributed by atoms with van der Waals surface area (Å²) in [4.78, 5) is 103. The molecule has 0 saturated carbocycles. The maximum Gasteiger partial charge on any atom is 0.340 e. The molecule has 9 N–H and O–H groups in total. The summed E-state index contributed by atoms with van der Waals surface area (Å²) in [6.07, 6.45) is 3.70. The average molecular weight is 2080 g/mol. The molecule has 15 aromatic rings. The predicted octanol–water partition coefficient (Wildman–Crippen LogP) is 22.5. The summed E-state index contributed by atoms with van der Waals surface area (Å²) in [7, 11) is -2.17. The summed E-state index contributed by atoms with van der Waals surface area (Å²) in [6.45, 7) is 16.5. The molecule has 4 fully saturated rings. The van der Waals surface area contributed by atoms with Crippen LogP contribution in [0.3, 0.4) is 0 Å². The summed E-state index contributed by atoms with van der Waals surface area (Å²) >= 11 is 41.3. The maximum absolute atomic E-state index is 13.0. The standard InChI is InChI=1S/C26H17Cl2N3O3.C25H19BrClN3O5S.C25H18Cl2N6O3.C25H19ClN4O4/c27-21-7-4-15(11-23(21)34-25-17(13-29)2-1-3-22(25)28)18-12-24(32)31(14-18)19-5-6-20-16(10-19)8-9-30-26(20)33;1-36(33,34)22-8-6-17(11-18(22)25(29)32)30-13-16(10-23(30)31)14-5-7-19(26)21(9-14)35-24-15(12-28)3-2-4-20(24)27;1-30-19-4-2-3-18(27)23(19)36-21-9-13(5-7-17(21)26)14-10-22(34)32(12-14)15-6-8-20-16(11-15)24(28)31-33(20)25(29)35;1-28-19-4-3-5-21(32-2)24(19)33-22-10-14(6-8-18(22)26)15-11-23(31)30(13-15)16-7-9-20-17(12-16)25(27)29-34-20/h1-11,18H,12,14H2,(H,30,33);2-9,11,16H,10,13H2,1H3,(H2,29,32);2-9,11,14H,10,12H2,(H2,28,31)(H2,29,35);3-10,12,15H,11,13H2,2H3,(H2,27,29)/t18-;16-;14-;15-/m0000/s1. The zero-order valence-electron chi connectivity index (χ0n) is 73.3. The third-order valence-electron chi connectivity index (χ3n) is 23.6. The van der Waals surface area contributed by atoms with Crippen molar-refractivity contribution in [2.75, 3.05) is 70.6 Å². The van der Waals surface area contributed by atoms with Crippen molar-refractivity contribution in [3.05, 3.63) is 337 Å². The van der Waals surface area contributed by atoms with Crippen molar-refractivity contribution in [2.45, 2.75) is 54.3 Å². The number of anilines is 6. The SMILES string of the molecule is CS(=O)(=O)c1ccc(N2C[C@@H](c3ccc(Br)c(Oc4c(Cl)cccc4C#N)c3)CC2=O)cc1C(N)=O.N#Cc1cccc(Cl)c1Oc1cc([C@H]2CC(=O)N(c3ccc4c(=O)[nH]ccc4c3)C2)ccc1Cl.[C-]#[N+]c1cccc(Cl)c1Oc1cc([C@H]2CC(=O)N(c3ccc4c(c3)c(N)nn4C(N)=O)C2)ccc1Cl.[C-]#[N+]c1cccc(OC)c1Oc1cc([C@H]2CC(=O)N(c3ccc4onc(N)c4c3)C2)ccc1Cl. The van der Waals surface area contributed by atoms with Crippen molar-refractivity contribution in [2.24, 2.45) is 11.5 Å². The number of rotatable bonds is 19. The van der Waals surface area contributed by atoms with Gasteiger partial charge in [-0.25, -0.2) is 22.9 Å². The van der Waals surface area contributed by atoms with Gasteiger partial charge in [0.15, 0.2) is 55.8 Å². The maximum atomic E-state index is 13.0. The van der Waals surface area contributed by atoms with Crippen LogP contribution in [-0.4, -0.2) is 103 Å². The van der Waals surface area contributed by atoms with Crippen LogP contribution in [0.2, 0.25) is 30.1 Å². The number of primary amides is 2. The Morgan fingerprint density at radius 2 is 0.914 bits per heavy atom. The smallest absolute Gasteiger partial charge is 0.340 e. The molecule has 6 amide bonds. The highest BCUT2D eigenvalue weighted by molar-refractivity contribution is 9.10. The molecule has 0 radical (unpaired) electrons. The number of fused-ring (bicyclic) bond motifs is 3. The molecule has 3 aromatic heterocycles.